The molecule has 2 N–H and O–H groups in total. The zero-order valence-electron chi connectivity index (χ0n) is 12.7. The van der Waals surface area contributed by atoms with E-state index < -0.39 is 28.6 Å². The van der Waals surface area contributed by atoms with Crippen LogP contribution in [0.25, 0.3) is 0 Å². The summed E-state index contributed by atoms with van der Waals surface area (Å²) in [7, 11) is 0. The average molecular weight is 284 g/mol. The van der Waals surface area contributed by atoms with Crippen LogP contribution in [0.2, 0.25) is 0 Å². The summed E-state index contributed by atoms with van der Waals surface area (Å²) in [4.78, 5) is 10.8. The molecule has 0 atom stereocenters. The van der Waals surface area contributed by atoms with E-state index in [4.69, 9.17) is 9.84 Å². The molecule has 4 nitrogen and oxygen atoms in total. The first kappa shape index (κ1) is 16.3. The molecule has 112 valence electrons. The van der Waals surface area contributed by atoms with Gasteiger partial charge in [-0.2, -0.15) is 0 Å². The van der Waals surface area contributed by atoms with Crippen molar-refractivity contribution in [3.63, 3.8) is 0 Å². The van der Waals surface area contributed by atoms with Crippen molar-refractivity contribution in [2.24, 2.45) is 0 Å². The first-order chi connectivity index (χ1) is 8.85. The maximum atomic E-state index is 14.3. The molecule has 0 aromatic heterocycles. The minimum absolute atomic E-state index is 0.0433. The van der Waals surface area contributed by atoms with E-state index >= 15 is 0 Å². The van der Waals surface area contributed by atoms with Gasteiger partial charge in [-0.15, -0.1) is 0 Å². The SMILES string of the molecule is CC(C)(C)c1cc(F)c(C(C)(C)C)c(O)c1OC(=O)O. The molecule has 0 aliphatic rings. The fourth-order valence-corrected chi connectivity index (χ4v) is 2.08. The number of rotatable bonds is 1. The van der Waals surface area contributed by atoms with Gasteiger partial charge in [0.25, 0.3) is 0 Å². The largest absolute Gasteiger partial charge is 0.511 e. The summed E-state index contributed by atoms with van der Waals surface area (Å²) in [5.74, 6) is -1.22. The van der Waals surface area contributed by atoms with Crippen molar-refractivity contribution < 1.29 is 24.1 Å². The van der Waals surface area contributed by atoms with Crippen molar-refractivity contribution in [1.29, 1.82) is 0 Å². The van der Waals surface area contributed by atoms with Crippen molar-refractivity contribution in [1.82, 2.24) is 0 Å². The van der Waals surface area contributed by atoms with Gasteiger partial charge in [-0.05, 0) is 16.9 Å². The summed E-state index contributed by atoms with van der Waals surface area (Å²) in [6.07, 6.45) is -1.54. The molecule has 0 saturated heterocycles. The number of phenols is 1. The smallest absolute Gasteiger partial charge is 0.504 e. The first-order valence-corrected chi connectivity index (χ1v) is 6.33. The second-order valence-corrected chi connectivity index (χ2v) is 6.83. The highest BCUT2D eigenvalue weighted by Gasteiger charge is 2.32. The number of hydrogen-bond acceptors (Lipinski definition) is 3. The van der Waals surface area contributed by atoms with Gasteiger partial charge in [0.1, 0.15) is 5.82 Å². The van der Waals surface area contributed by atoms with Gasteiger partial charge >= 0.3 is 6.16 Å². The van der Waals surface area contributed by atoms with Crippen LogP contribution in [0, 0.1) is 5.82 Å². The highest BCUT2D eigenvalue weighted by molar-refractivity contribution is 5.66. The number of hydrogen-bond donors (Lipinski definition) is 2. The van der Waals surface area contributed by atoms with Crippen molar-refractivity contribution in [2.75, 3.05) is 0 Å². The van der Waals surface area contributed by atoms with Crippen LogP contribution in [-0.2, 0) is 10.8 Å². The molecule has 20 heavy (non-hydrogen) atoms. The van der Waals surface area contributed by atoms with Crippen molar-refractivity contribution in [2.45, 2.75) is 52.4 Å². The molecule has 0 saturated carbocycles. The van der Waals surface area contributed by atoms with Gasteiger partial charge < -0.3 is 14.9 Å². The molecule has 0 heterocycles. The van der Waals surface area contributed by atoms with Gasteiger partial charge in [0.2, 0.25) is 0 Å². The minimum Gasteiger partial charge on any atom is -0.504 e. The third-order valence-electron chi connectivity index (χ3n) is 2.95. The lowest BCUT2D eigenvalue weighted by Gasteiger charge is -2.27. The first-order valence-electron chi connectivity index (χ1n) is 6.33. The molecule has 5 heteroatoms. The van der Waals surface area contributed by atoms with E-state index in [0.29, 0.717) is 5.56 Å². The third-order valence-corrected chi connectivity index (χ3v) is 2.95. The van der Waals surface area contributed by atoms with Gasteiger partial charge in [-0.25, -0.2) is 9.18 Å². The molecule has 0 fully saturated rings. The van der Waals surface area contributed by atoms with E-state index in [1.807, 2.05) is 0 Å². The van der Waals surface area contributed by atoms with Gasteiger partial charge in [0.15, 0.2) is 11.5 Å². The third kappa shape index (κ3) is 3.21. The van der Waals surface area contributed by atoms with Gasteiger partial charge in [-0.1, -0.05) is 41.5 Å². The lowest BCUT2D eigenvalue weighted by molar-refractivity contribution is 0.141. The minimum atomic E-state index is -1.54. The maximum absolute atomic E-state index is 14.3. The maximum Gasteiger partial charge on any atom is 0.511 e. The molecule has 0 spiro atoms. The Morgan fingerprint density at radius 1 is 1.15 bits per heavy atom. The van der Waals surface area contributed by atoms with Crippen LogP contribution in [0.4, 0.5) is 9.18 Å². The Morgan fingerprint density at radius 3 is 2.00 bits per heavy atom. The highest BCUT2D eigenvalue weighted by atomic mass is 19.1. The molecule has 0 radical (unpaired) electrons. The topological polar surface area (TPSA) is 66.8 Å². The molecule has 0 aliphatic heterocycles. The van der Waals surface area contributed by atoms with Gasteiger partial charge in [-0.3, -0.25) is 0 Å². The molecular formula is C15H21FO4. The monoisotopic (exact) mass is 284 g/mol. The lowest BCUT2D eigenvalue weighted by Crippen LogP contribution is -2.20. The molecule has 1 aromatic rings. The van der Waals surface area contributed by atoms with Crippen LogP contribution < -0.4 is 4.74 Å². The average Bonchev–Trinajstić information content (AvgIpc) is 2.17. The number of halogens is 1. The number of ether oxygens (including phenoxy) is 1. The van der Waals surface area contributed by atoms with E-state index in [1.165, 1.54) is 6.07 Å². The molecule has 0 aliphatic carbocycles. The second kappa shape index (κ2) is 4.96. The number of phenolic OH excluding ortho intramolecular Hbond substituents is 1. The van der Waals surface area contributed by atoms with Crippen molar-refractivity contribution in [3.05, 3.63) is 23.0 Å². The molecule has 0 unspecified atom stereocenters. The van der Waals surface area contributed by atoms with Gasteiger partial charge in [0.05, 0.1) is 0 Å². The number of aromatic hydroxyl groups is 1. The standard InChI is InChI=1S/C15H21FO4/c1-14(2,3)8-7-9(16)10(15(4,5)6)11(17)12(8)20-13(18)19/h7,17H,1-6H3,(H,18,19). The van der Waals surface area contributed by atoms with Crippen LogP contribution in [0.1, 0.15) is 52.7 Å². The number of benzene rings is 1. The van der Waals surface area contributed by atoms with E-state index in [2.05, 4.69) is 0 Å². The van der Waals surface area contributed by atoms with Crippen LogP contribution in [0.5, 0.6) is 11.5 Å². The highest BCUT2D eigenvalue weighted by Crippen LogP contribution is 2.45. The van der Waals surface area contributed by atoms with E-state index in [0.717, 1.165) is 0 Å². The van der Waals surface area contributed by atoms with Crippen molar-refractivity contribution in [3.8, 4) is 11.5 Å². The summed E-state index contributed by atoms with van der Waals surface area (Å²) in [5.41, 5.74) is -0.898. The quantitative estimate of drug-likeness (QED) is 0.599. The Balaban J connectivity index is 3.70. The Labute approximate surface area is 118 Å². The Hall–Kier alpha value is -1.78. The Bertz CT molecular complexity index is 536. The van der Waals surface area contributed by atoms with Crippen LogP contribution in [-0.4, -0.2) is 16.4 Å². The van der Waals surface area contributed by atoms with Crippen LogP contribution in [0.3, 0.4) is 0 Å². The summed E-state index contributed by atoms with van der Waals surface area (Å²) >= 11 is 0. The molecular weight excluding hydrogens is 263 g/mol. The van der Waals surface area contributed by atoms with E-state index in [-0.39, 0.29) is 11.3 Å². The summed E-state index contributed by atoms with van der Waals surface area (Å²) in [6.45, 7) is 10.5. The Kier molecular flexibility index (Phi) is 4.04. The fraction of sp³-hybridized carbons (Fsp3) is 0.533. The van der Waals surface area contributed by atoms with E-state index in [1.54, 1.807) is 41.5 Å². The zero-order chi connectivity index (χ0) is 15.9. The zero-order valence-corrected chi connectivity index (χ0v) is 12.7. The fourth-order valence-electron chi connectivity index (χ4n) is 2.08. The van der Waals surface area contributed by atoms with Gasteiger partial charge in [0, 0.05) is 11.1 Å². The molecule has 1 rings (SSSR count). The molecule has 0 amide bonds. The summed E-state index contributed by atoms with van der Waals surface area (Å²) < 4.78 is 19.0. The number of carbonyl (C=O) groups is 1. The predicted molar refractivity (Wildman–Crippen MR) is 74.1 cm³/mol. The summed E-state index contributed by atoms with van der Waals surface area (Å²) in [5, 5.41) is 19.1. The van der Waals surface area contributed by atoms with E-state index in [9.17, 15) is 14.3 Å². The molecule has 0 bridgehead atoms. The Morgan fingerprint density at radius 2 is 1.65 bits per heavy atom. The lowest BCUT2D eigenvalue weighted by atomic mass is 9.80. The van der Waals surface area contributed by atoms with Crippen molar-refractivity contribution >= 4 is 6.16 Å². The molecule has 1 aromatic carbocycles. The van der Waals surface area contributed by atoms with Crippen LogP contribution in [0.15, 0.2) is 6.07 Å². The number of carboxylic acid groups (broad SMARTS) is 1. The normalized spacial score (nSPS) is 12.3. The second-order valence-electron chi connectivity index (χ2n) is 6.83. The predicted octanol–water partition coefficient (Wildman–Crippen LogP) is 4.18. The van der Waals surface area contributed by atoms with Crippen LogP contribution >= 0.6 is 0 Å². The summed E-state index contributed by atoms with van der Waals surface area (Å²) in [6, 6.07) is 1.23.